The molecule has 1 aromatic heterocycles. The molecule has 0 aliphatic carbocycles. The number of nitrogens with one attached hydrogen (secondary N) is 1. The molecule has 116 valence electrons. The molecule has 5 nitrogen and oxygen atoms in total. The summed E-state index contributed by atoms with van der Waals surface area (Å²) in [6.07, 6.45) is 0. The van der Waals surface area contributed by atoms with Gasteiger partial charge in [0.1, 0.15) is 0 Å². The molecule has 0 radical (unpaired) electrons. The fourth-order valence-corrected chi connectivity index (χ4v) is 3.49. The van der Waals surface area contributed by atoms with Crippen LogP contribution in [0.3, 0.4) is 0 Å². The molecule has 8 heteroatoms. The van der Waals surface area contributed by atoms with E-state index in [0.717, 1.165) is 8.95 Å². The summed E-state index contributed by atoms with van der Waals surface area (Å²) < 4.78 is 1.55. The number of fused-ring (bicyclic) bond motifs is 1. The second-order valence-electron chi connectivity index (χ2n) is 4.64. The van der Waals surface area contributed by atoms with Crippen molar-refractivity contribution in [1.29, 1.82) is 0 Å². The van der Waals surface area contributed by atoms with Crippen molar-refractivity contribution in [3.05, 3.63) is 55.9 Å². The highest BCUT2D eigenvalue weighted by Gasteiger charge is 2.14. The molecule has 0 unspecified atom stereocenters. The summed E-state index contributed by atoms with van der Waals surface area (Å²) in [5.41, 5.74) is 1.22. The lowest BCUT2D eigenvalue weighted by molar-refractivity contribution is 0.0995. The minimum atomic E-state index is -0.524. The fraction of sp³-hybridized carbons (Fsp3) is 0. The smallest absolute Gasteiger partial charge is 0.295 e. The van der Waals surface area contributed by atoms with Gasteiger partial charge in [-0.15, -0.1) is 10.2 Å². The summed E-state index contributed by atoms with van der Waals surface area (Å²) in [5.74, 6) is -0.684. The Morgan fingerprint density at radius 3 is 2.57 bits per heavy atom. The number of amides is 1. The molecule has 0 saturated carbocycles. The molecule has 23 heavy (non-hydrogen) atoms. The van der Waals surface area contributed by atoms with Gasteiger partial charge in [0.2, 0.25) is 5.88 Å². The van der Waals surface area contributed by atoms with E-state index < -0.39 is 5.91 Å². The molecular formula is C15H8Br2ClN3O2. The minimum absolute atomic E-state index is 0.161. The standard InChI is InChI=1S/C15H8Br2ClN3O2/c16-8-5-10-12(11(17)6-8)19-15(23)13(10)20-21-14(22)7-1-3-9(18)4-2-7/h1-6,19,23H. The van der Waals surface area contributed by atoms with Crippen molar-refractivity contribution in [2.45, 2.75) is 0 Å². The number of hydrogen-bond acceptors (Lipinski definition) is 3. The van der Waals surface area contributed by atoms with Gasteiger partial charge in [-0.05, 0) is 52.3 Å². The van der Waals surface area contributed by atoms with Crippen LogP contribution < -0.4 is 0 Å². The van der Waals surface area contributed by atoms with Crippen LogP contribution in [0.4, 0.5) is 5.69 Å². The minimum Gasteiger partial charge on any atom is -0.493 e. The summed E-state index contributed by atoms with van der Waals surface area (Å²) in [5, 5.41) is 18.7. The Morgan fingerprint density at radius 1 is 1.17 bits per heavy atom. The monoisotopic (exact) mass is 455 g/mol. The van der Waals surface area contributed by atoms with Gasteiger partial charge in [0, 0.05) is 24.9 Å². The molecule has 0 fully saturated rings. The van der Waals surface area contributed by atoms with Crippen LogP contribution in [0, 0.1) is 0 Å². The summed E-state index contributed by atoms with van der Waals surface area (Å²) in [6, 6.07) is 9.93. The highest BCUT2D eigenvalue weighted by molar-refractivity contribution is 9.11. The first-order valence-electron chi connectivity index (χ1n) is 6.37. The third-order valence-electron chi connectivity index (χ3n) is 3.11. The predicted molar refractivity (Wildman–Crippen MR) is 95.7 cm³/mol. The average Bonchev–Trinajstić information content (AvgIpc) is 2.82. The molecule has 3 rings (SSSR count). The zero-order chi connectivity index (χ0) is 16.6. The number of benzene rings is 2. The van der Waals surface area contributed by atoms with Gasteiger partial charge in [-0.2, -0.15) is 0 Å². The van der Waals surface area contributed by atoms with Crippen LogP contribution in [0.1, 0.15) is 10.4 Å². The molecule has 0 saturated heterocycles. The second kappa shape index (κ2) is 6.43. The topological polar surface area (TPSA) is 77.8 Å². The van der Waals surface area contributed by atoms with E-state index in [1.54, 1.807) is 30.3 Å². The maximum absolute atomic E-state index is 12.0. The van der Waals surface area contributed by atoms with Crippen LogP contribution in [-0.4, -0.2) is 16.0 Å². The van der Waals surface area contributed by atoms with Crippen LogP contribution >= 0.6 is 43.5 Å². The number of carbonyl (C=O) groups excluding carboxylic acids is 1. The van der Waals surface area contributed by atoms with Gasteiger partial charge >= 0.3 is 0 Å². The van der Waals surface area contributed by atoms with E-state index in [9.17, 15) is 9.90 Å². The number of aromatic amines is 1. The van der Waals surface area contributed by atoms with Gasteiger partial charge in [0.25, 0.3) is 5.91 Å². The Morgan fingerprint density at radius 2 is 1.87 bits per heavy atom. The van der Waals surface area contributed by atoms with E-state index >= 15 is 0 Å². The first-order valence-corrected chi connectivity index (χ1v) is 8.33. The van der Waals surface area contributed by atoms with E-state index in [-0.39, 0.29) is 11.6 Å². The van der Waals surface area contributed by atoms with Crippen molar-refractivity contribution >= 4 is 66.0 Å². The highest BCUT2D eigenvalue weighted by atomic mass is 79.9. The number of azo groups is 1. The number of aromatic hydroxyl groups is 1. The van der Waals surface area contributed by atoms with Crippen molar-refractivity contribution < 1.29 is 9.90 Å². The van der Waals surface area contributed by atoms with Gasteiger partial charge in [-0.25, -0.2) is 0 Å². The van der Waals surface area contributed by atoms with Crippen molar-refractivity contribution in [1.82, 2.24) is 4.98 Å². The lowest BCUT2D eigenvalue weighted by atomic mass is 10.2. The SMILES string of the molecule is O=C(N=Nc1c(O)[nH]c2c(Br)cc(Br)cc12)c1ccc(Cl)cc1. The first-order chi connectivity index (χ1) is 11.0. The quantitative estimate of drug-likeness (QED) is 0.465. The van der Waals surface area contributed by atoms with Gasteiger partial charge in [-0.3, -0.25) is 4.79 Å². The molecule has 0 aliphatic heterocycles. The summed E-state index contributed by atoms with van der Waals surface area (Å²) in [7, 11) is 0. The summed E-state index contributed by atoms with van der Waals surface area (Å²) in [6.45, 7) is 0. The Bertz CT molecular complexity index is 936. The van der Waals surface area contributed by atoms with E-state index in [4.69, 9.17) is 11.6 Å². The molecule has 0 atom stereocenters. The number of hydrogen-bond donors (Lipinski definition) is 2. The largest absolute Gasteiger partial charge is 0.493 e. The van der Waals surface area contributed by atoms with Gasteiger partial charge in [0.05, 0.1) is 5.52 Å². The lowest BCUT2D eigenvalue weighted by Crippen LogP contribution is -1.92. The molecule has 0 aliphatic rings. The number of halogens is 3. The second-order valence-corrected chi connectivity index (χ2v) is 6.85. The maximum Gasteiger partial charge on any atom is 0.295 e. The predicted octanol–water partition coefficient (Wildman–Crippen LogP) is 5.98. The normalized spacial score (nSPS) is 11.4. The number of aromatic nitrogens is 1. The van der Waals surface area contributed by atoms with E-state index in [2.05, 4.69) is 47.1 Å². The Balaban J connectivity index is 1.99. The van der Waals surface area contributed by atoms with Gasteiger partial charge in [-0.1, -0.05) is 27.5 Å². The van der Waals surface area contributed by atoms with Gasteiger partial charge < -0.3 is 10.1 Å². The molecule has 2 N–H and O–H groups in total. The van der Waals surface area contributed by atoms with E-state index in [1.807, 2.05) is 6.07 Å². The number of rotatable bonds is 2. The third-order valence-corrected chi connectivity index (χ3v) is 4.45. The Kier molecular flexibility index (Phi) is 4.52. The van der Waals surface area contributed by atoms with E-state index in [0.29, 0.717) is 21.5 Å². The Labute approximate surface area is 152 Å². The fourth-order valence-electron chi connectivity index (χ4n) is 2.04. The summed E-state index contributed by atoms with van der Waals surface area (Å²) in [4.78, 5) is 14.8. The van der Waals surface area contributed by atoms with Crippen molar-refractivity contribution in [3.8, 4) is 5.88 Å². The molecule has 1 amide bonds. The highest BCUT2D eigenvalue weighted by Crippen LogP contribution is 2.40. The number of nitrogens with zero attached hydrogens (tertiary/aromatic N) is 2. The van der Waals surface area contributed by atoms with Crippen LogP contribution in [0.25, 0.3) is 10.9 Å². The molecule has 3 aromatic rings. The third kappa shape index (κ3) is 3.31. The van der Waals surface area contributed by atoms with Crippen LogP contribution in [0.15, 0.2) is 55.6 Å². The average molecular weight is 458 g/mol. The number of carbonyl (C=O) groups is 1. The van der Waals surface area contributed by atoms with Crippen LogP contribution in [-0.2, 0) is 0 Å². The van der Waals surface area contributed by atoms with Crippen LogP contribution in [0.5, 0.6) is 5.88 Å². The molecule has 0 bridgehead atoms. The van der Waals surface area contributed by atoms with E-state index in [1.165, 1.54) is 0 Å². The van der Waals surface area contributed by atoms with Crippen LogP contribution in [0.2, 0.25) is 5.02 Å². The zero-order valence-electron chi connectivity index (χ0n) is 11.3. The van der Waals surface area contributed by atoms with Crippen molar-refractivity contribution in [2.24, 2.45) is 10.2 Å². The first kappa shape index (κ1) is 16.2. The molecule has 0 spiro atoms. The summed E-state index contributed by atoms with van der Waals surface area (Å²) >= 11 is 12.5. The Hall–Kier alpha value is -1.70. The molecular weight excluding hydrogens is 449 g/mol. The lowest BCUT2D eigenvalue weighted by Gasteiger charge is -1.97. The van der Waals surface area contributed by atoms with Crippen molar-refractivity contribution in [3.63, 3.8) is 0 Å². The van der Waals surface area contributed by atoms with Crippen molar-refractivity contribution in [2.75, 3.05) is 0 Å². The number of H-pyrrole nitrogens is 1. The zero-order valence-corrected chi connectivity index (χ0v) is 15.3. The van der Waals surface area contributed by atoms with Gasteiger partial charge in [0.15, 0.2) is 5.69 Å². The molecule has 1 heterocycles. The maximum atomic E-state index is 12.0. The molecule has 2 aromatic carbocycles.